The van der Waals surface area contributed by atoms with Gasteiger partial charge in [0.25, 0.3) is 0 Å². The van der Waals surface area contributed by atoms with Gasteiger partial charge in [0.05, 0.1) is 12.6 Å². The Hall–Kier alpha value is -3.40. The van der Waals surface area contributed by atoms with Gasteiger partial charge in [0.15, 0.2) is 5.69 Å². The van der Waals surface area contributed by atoms with Crippen molar-refractivity contribution in [2.24, 2.45) is 7.05 Å². The van der Waals surface area contributed by atoms with Crippen molar-refractivity contribution in [3.63, 3.8) is 0 Å². The molecule has 0 aliphatic carbocycles. The van der Waals surface area contributed by atoms with E-state index in [1.165, 1.54) is 16.8 Å². The molecule has 0 atom stereocenters. The number of imidazole rings is 1. The lowest BCUT2D eigenvalue weighted by molar-refractivity contribution is -0.396. The highest BCUT2D eigenvalue weighted by molar-refractivity contribution is 5.93. The summed E-state index contributed by atoms with van der Waals surface area (Å²) in [6.45, 7) is 4.10. The summed E-state index contributed by atoms with van der Waals surface area (Å²) in [5.41, 5.74) is 1.69. The molecule has 6 nitrogen and oxygen atoms in total. The summed E-state index contributed by atoms with van der Waals surface area (Å²) in [6.07, 6.45) is 6.93. The molecule has 7 heteroatoms. The third-order valence-corrected chi connectivity index (χ3v) is 4.45. The summed E-state index contributed by atoms with van der Waals surface area (Å²) in [7, 11) is 1.56. The first-order valence-electron chi connectivity index (χ1n) is 8.34. The van der Waals surface area contributed by atoms with Crippen molar-refractivity contribution >= 4 is 16.7 Å². The van der Waals surface area contributed by atoms with Gasteiger partial charge in [0.2, 0.25) is 0 Å². The number of benzene rings is 2. The summed E-state index contributed by atoms with van der Waals surface area (Å²) in [6, 6.07) is 6.62. The van der Waals surface area contributed by atoms with E-state index in [1.54, 1.807) is 19.2 Å². The van der Waals surface area contributed by atoms with Crippen LogP contribution in [-0.4, -0.2) is 14.5 Å². The van der Waals surface area contributed by atoms with Crippen LogP contribution in [0.1, 0.15) is 36.6 Å². The van der Waals surface area contributed by atoms with Gasteiger partial charge in [-0.3, -0.25) is 0 Å². The summed E-state index contributed by atoms with van der Waals surface area (Å²) >= 11 is 0. The molecule has 0 N–H and O–H groups in total. The Labute approximate surface area is 155 Å². The molecule has 0 amide bonds. The molecule has 0 fully saturated rings. The van der Waals surface area contributed by atoms with Crippen LogP contribution in [0.25, 0.3) is 10.8 Å². The molecule has 0 bridgehead atoms. The molecule has 0 spiro atoms. The van der Waals surface area contributed by atoms with E-state index in [9.17, 15) is 14.5 Å². The van der Waals surface area contributed by atoms with E-state index in [4.69, 9.17) is 11.2 Å². The van der Waals surface area contributed by atoms with Gasteiger partial charge in [0.1, 0.15) is 24.4 Å². The minimum absolute atomic E-state index is 0.0998. The lowest BCUT2D eigenvalue weighted by Gasteiger charge is -2.15. The number of nitro groups is 1. The molecule has 27 heavy (non-hydrogen) atoms. The quantitative estimate of drug-likeness (QED) is 0.383. The highest BCUT2D eigenvalue weighted by atomic mass is 19.1. The fraction of sp³-hybridized carbons (Fsp3) is 0.250. The molecular formula is C20H18FN3O3. The number of hydrogen-bond acceptors (Lipinski definition) is 4. The van der Waals surface area contributed by atoms with Crippen molar-refractivity contribution in [1.29, 1.82) is 0 Å². The van der Waals surface area contributed by atoms with Gasteiger partial charge < -0.3 is 14.9 Å². The first-order valence-corrected chi connectivity index (χ1v) is 8.34. The fourth-order valence-corrected chi connectivity index (χ4v) is 3.02. The predicted octanol–water partition coefficient (Wildman–Crippen LogP) is 4.30. The van der Waals surface area contributed by atoms with Crippen LogP contribution in [0.15, 0.2) is 30.5 Å². The number of terminal acetylenes is 1. The van der Waals surface area contributed by atoms with E-state index in [0.29, 0.717) is 16.8 Å². The topological polar surface area (TPSA) is 70.2 Å². The Morgan fingerprint density at radius 1 is 1.41 bits per heavy atom. The monoisotopic (exact) mass is 367 g/mol. The second-order valence-electron chi connectivity index (χ2n) is 6.49. The summed E-state index contributed by atoms with van der Waals surface area (Å²) in [5.74, 6) is 2.44. The van der Waals surface area contributed by atoms with Crippen molar-refractivity contribution in [1.82, 2.24) is 9.55 Å². The van der Waals surface area contributed by atoms with Gasteiger partial charge in [-0.15, -0.1) is 6.42 Å². The largest absolute Gasteiger partial charge is 0.486 e. The maximum atomic E-state index is 14.1. The maximum absolute atomic E-state index is 14.1. The number of aromatic nitrogens is 2. The molecular weight excluding hydrogens is 349 g/mol. The van der Waals surface area contributed by atoms with Gasteiger partial charge in [-0.1, -0.05) is 30.8 Å². The Morgan fingerprint density at radius 3 is 2.74 bits per heavy atom. The Morgan fingerprint density at radius 2 is 2.15 bits per heavy atom. The zero-order valence-corrected chi connectivity index (χ0v) is 15.2. The normalized spacial score (nSPS) is 11.0. The molecule has 0 aliphatic heterocycles. The second-order valence-corrected chi connectivity index (χ2v) is 6.49. The van der Waals surface area contributed by atoms with Crippen molar-refractivity contribution in [3.05, 3.63) is 63.2 Å². The third kappa shape index (κ3) is 3.34. The number of ether oxygens (including phenoxy) is 1. The first-order chi connectivity index (χ1) is 12.8. The van der Waals surface area contributed by atoms with Crippen LogP contribution in [0.3, 0.4) is 0 Å². The second kappa shape index (κ2) is 7.08. The van der Waals surface area contributed by atoms with Crippen molar-refractivity contribution < 1.29 is 14.1 Å². The lowest BCUT2D eigenvalue weighted by Crippen LogP contribution is -2.05. The van der Waals surface area contributed by atoms with Crippen LogP contribution in [-0.2, 0) is 13.7 Å². The third-order valence-electron chi connectivity index (χ3n) is 4.45. The summed E-state index contributed by atoms with van der Waals surface area (Å²) in [5, 5.41) is 12.4. The average molecular weight is 367 g/mol. The van der Waals surface area contributed by atoms with Crippen molar-refractivity contribution in [2.75, 3.05) is 0 Å². The van der Waals surface area contributed by atoms with Crippen LogP contribution in [0.5, 0.6) is 5.75 Å². The van der Waals surface area contributed by atoms with Crippen molar-refractivity contribution in [3.8, 4) is 18.1 Å². The minimum atomic E-state index is -0.549. The van der Waals surface area contributed by atoms with Gasteiger partial charge in [-0.2, -0.15) is 0 Å². The zero-order valence-electron chi connectivity index (χ0n) is 15.2. The average Bonchev–Trinajstić information content (AvgIpc) is 3.00. The molecule has 138 valence electrons. The molecule has 1 aromatic heterocycles. The summed E-state index contributed by atoms with van der Waals surface area (Å²) < 4.78 is 21.3. The van der Waals surface area contributed by atoms with E-state index in [1.807, 2.05) is 19.9 Å². The van der Waals surface area contributed by atoms with Gasteiger partial charge >= 0.3 is 5.95 Å². The van der Waals surface area contributed by atoms with Gasteiger partial charge in [-0.05, 0) is 40.0 Å². The molecule has 0 aliphatic rings. The SMILES string of the molecule is C#Cc1c(F)ccc2cc(OCc3cnc([N+](=O)[O-])n3C)cc(C(C)C)c12. The summed E-state index contributed by atoms with van der Waals surface area (Å²) in [4.78, 5) is 14.1. The standard InChI is InChI=1S/C20H18FN3O3/c1-5-16-18(21)7-6-13-8-15(9-17(12(2)3)19(13)16)27-11-14-10-22-20(23(14)4)24(25)26/h1,6-10,12H,11H2,2-4H3. The smallest absolute Gasteiger partial charge is 0.434 e. The highest BCUT2D eigenvalue weighted by Crippen LogP contribution is 2.34. The van der Waals surface area contributed by atoms with E-state index >= 15 is 0 Å². The van der Waals surface area contributed by atoms with Crippen molar-refractivity contribution in [2.45, 2.75) is 26.4 Å². The lowest BCUT2D eigenvalue weighted by atomic mass is 9.92. The maximum Gasteiger partial charge on any atom is 0.434 e. The molecule has 2 aromatic carbocycles. The van der Waals surface area contributed by atoms with E-state index in [-0.39, 0.29) is 24.0 Å². The molecule has 3 aromatic rings. The number of nitrogens with zero attached hydrogens (tertiary/aromatic N) is 3. The fourth-order valence-electron chi connectivity index (χ4n) is 3.02. The van der Waals surface area contributed by atoms with Crippen LogP contribution in [0.2, 0.25) is 0 Å². The molecule has 0 radical (unpaired) electrons. The van der Waals surface area contributed by atoms with Crippen LogP contribution in [0, 0.1) is 28.3 Å². The van der Waals surface area contributed by atoms with Crippen LogP contribution < -0.4 is 4.74 Å². The van der Waals surface area contributed by atoms with E-state index in [2.05, 4.69) is 10.9 Å². The van der Waals surface area contributed by atoms with E-state index < -0.39 is 10.7 Å². The van der Waals surface area contributed by atoms with E-state index in [0.717, 1.165) is 10.9 Å². The number of fused-ring (bicyclic) bond motifs is 1. The number of halogens is 1. The Kier molecular flexibility index (Phi) is 4.82. The van der Waals surface area contributed by atoms with Crippen LogP contribution in [0.4, 0.5) is 10.3 Å². The minimum Gasteiger partial charge on any atom is -0.486 e. The number of hydrogen-bond donors (Lipinski definition) is 0. The zero-order chi connectivity index (χ0) is 19.7. The predicted molar refractivity (Wildman–Crippen MR) is 100 cm³/mol. The molecule has 0 saturated heterocycles. The highest BCUT2D eigenvalue weighted by Gasteiger charge is 2.18. The number of rotatable bonds is 5. The first kappa shape index (κ1) is 18.4. The molecule has 0 saturated carbocycles. The Balaban J connectivity index is 2.00. The molecule has 3 rings (SSSR count). The molecule has 1 heterocycles. The van der Waals surface area contributed by atoms with Crippen LogP contribution >= 0.6 is 0 Å². The van der Waals surface area contributed by atoms with Gasteiger partial charge in [-0.25, -0.2) is 8.96 Å². The van der Waals surface area contributed by atoms with Gasteiger partial charge in [0, 0.05) is 5.39 Å². The Bertz CT molecular complexity index is 1080. The molecule has 0 unspecified atom stereocenters.